The molecule has 0 N–H and O–H groups in total. The van der Waals surface area contributed by atoms with Crippen LogP contribution >= 0.6 is 0 Å². The first kappa shape index (κ1) is 11.7. The molecule has 0 aliphatic carbocycles. The van der Waals surface area contributed by atoms with E-state index in [9.17, 15) is 13.2 Å². The molecule has 0 aliphatic rings. The largest absolute Gasteiger partial charge is 0.495 e. The molecule has 4 nitrogen and oxygen atoms in total. The van der Waals surface area contributed by atoms with E-state index in [0.29, 0.717) is 17.4 Å². The molecule has 0 saturated heterocycles. The Bertz CT molecular complexity index is 488. The van der Waals surface area contributed by atoms with Crippen molar-refractivity contribution in [2.75, 3.05) is 13.4 Å². The number of rotatable bonds is 3. The van der Waals surface area contributed by atoms with Crippen molar-refractivity contribution in [3.63, 3.8) is 0 Å². The van der Waals surface area contributed by atoms with Crippen LogP contribution in [0.4, 0.5) is 0 Å². The van der Waals surface area contributed by atoms with Crippen LogP contribution in [0.25, 0.3) is 0 Å². The fourth-order valence-corrected chi connectivity index (χ4v) is 2.24. The van der Waals surface area contributed by atoms with Crippen molar-refractivity contribution in [1.29, 1.82) is 0 Å². The molecule has 1 aromatic carbocycles. The summed E-state index contributed by atoms with van der Waals surface area (Å²) < 4.78 is 27.8. The molecular weight excluding hydrogens is 216 g/mol. The molecule has 15 heavy (non-hydrogen) atoms. The van der Waals surface area contributed by atoms with Gasteiger partial charge in [0.15, 0.2) is 9.84 Å². The first-order valence-corrected chi connectivity index (χ1v) is 6.13. The van der Waals surface area contributed by atoms with Crippen LogP contribution < -0.4 is 4.74 Å². The van der Waals surface area contributed by atoms with Gasteiger partial charge in [0.05, 0.1) is 7.11 Å². The molecule has 0 aromatic heterocycles. The van der Waals surface area contributed by atoms with Gasteiger partial charge < -0.3 is 4.74 Å². The van der Waals surface area contributed by atoms with Crippen molar-refractivity contribution in [3.05, 3.63) is 23.3 Å². The summed E-state index contributed by atoms with van der Waals surface area (Å²) in [5.74, 6) is 0.238. The summed E-state index contributed by atoms with van der Waals surface area (Å²) in [7, 11) is -1.95. The van der Waals surface area contributed by atoms with Crippen LogP contribution in [0.5, 0.6) is 5.75 Å². The zero-order chi connectivity index (χ0) is 11.6. The lowest BCUT2D eigenvalue weighted by Gasteiger charge is -2.11. The monoisotopic (exact) mass is 228 g/mol. The van der Waals surface area contributed by atoms with E-state index in [2.05, 4.69) is 0 Å². The Labute approximate surface area is 88.8 Å². The van der Waals surface area contributed by atoms with E-state index in [1.165, 1.54) is 19.2 Å². The topological polar surface area (TPSA) is 60.4 Å². The maximum Gasteiger partial charge on any atom is 0.179 e. The van der Waals surface area contributed by atoms with Crippen molar-refractivity contribution in [3.8, 4) is 5.75 Å². The zero-order valence-electron chi connectivity index (χ0n) is 8.77. The molecule has 0 unspecified atom stereocenters. The third-order valence-electron chi connectivity index (χ3n) is 2.14. The predicted molar refractivity (Wildman–Crippen MR) is 56.2 cm³/mol. The average Bonchev–Trinajstić information content (AvgIpc) is 2.15. The number of carbonyl (C=O) groups excluding carboxylic acids is 1. The number of ether oxygens (including phenoxy) is 1. The van der Waals surface area contributed by atoms with Gasteiger partial charge in [-0.25, -0.2) is 8.42 Å². The quantitative estimate of drug-likeness (QED) is 0.730. The number of sulfone groups is 1. The Balaban J connectivity index is 3.58. The van der Waals surface area contributed by atoms with Gasteiger partial charge in [-0.2, -0.15) is 0 Å². The van der Waals surface area contributed by atoms with Crippen LogP contribution in [-0.2, 0) is 9.84 Å². The summed E-state index contributed by atoms with van der Waals surface area (Å²) in [6.45, 7) is 1.65. The van der Waals surface area contributed by atoms with Gasteiger partial charge in [-0.1, -0.05) is 0 Å². The van der Waals surface area contributed by atoms with Gasteiger partial charge in [0.25, 0.3) is 0 Å². The molecule has 0 fully saturated rings. The van der Waals surface area contributed by atoms with Crippen LogP contribution in [0, 0.1) is 6.92 Å². The Morgan fingerprint density at radius 3 is 2.33 bits per heavy atom. The minimum atomic E-state index is -3.33. The molecule has 82 valence electrons. The first-order chi connectivity index (χ1) is 6.91. The summed E-state index contributed by atoms with van der Waals surface area (Å²) in [5, 5.41) is 0. The van der Waals surface area contributed by atoms with Gasteiger partial charge in [0.2, 0.25) is 0 Å². The van der Waals surface area contributed by atoms with Gasteiger partial charge in [-0.3, -0.25) is 4.79 Å². The zero-order valence-corrected chi connectivity index (χ0v) is 9.59. The van der Waals surface area contributed by atoms with E-state index in [1.54, 1.807) is 6.92 Å². The molecule has 5 heteroatoms. The minimum Gasteiger partial charge on any atom is -0.495 e. The van der Waals surface area contributed by atoms with Gasteiger partial charge in [-0.05, 0) is 19.1 Å². The van der Waals surface area contributed by atoms with Crippen LogP contribution in [-0.4, -0.2) is 28.1 Å². The highest BCUT2D eigenvalue weighted by Gasteiger charge is 2.17. The summed E-state index contributed by atoms with van der Waals surface area (Å²) in [4.78, 5) is 10.8. The normalized spacial score (nSPS) is 11.1. The molecule has 0 amide bonds. The fourth-order valence-electron chi connectivity index (χ4n) is 1.36. The molecule has 0 spiro atoms. The van der Waals surface area contributed by atoms with E-state index in [-0.39, 0.29) is 10.6 Å². The highest BCUT2D eigenvalue weighted by Crippen LogP contribution is 2.29. The van der Waals surface area contributed by atoms with Gasteiger partial charge in [0.1, 0.15) is 16.9 Å². The summed E-state index contributed by atoms with van der Waals surface area (Å²) in [6.07, 6.45) is 1.77. The molecule has 0 radical (unpaired) electrons. The molecule has 0 heterocycles. The van der Waals surface area contributed by atoms with Crippen LogP contribution in [0.2, 0.25) is 0 Å². The van der Waals surface area contributed by atoms with Crippen molar-refractivity contribution < 1.29 is 17.9 Å². The van der Waals surface area contributed by atoms with Crippen molar-refractivity contribution in [2.45, 2.75) is 11.8 Å². The van der Waals surface area contributed by atoms with E-state index < -0.39 is 9.84 Å². The first-order valence-electron chi connectivity index (χ1n) is 4.24. The Morgan fingerprint density at radius 2 is 1.93 bits per heavy atom. The highest BCUT2D eigenvalue weighted by atomic mass is 32.2. The Morgan fingerprint density at radius 1 is 1.33 bits per heavy atom. The maximum atomic E-state index is 11.4. The number of hydrogen-bond acceptors (Lipinski definition) is 4. The van der Waals surface area contributed by atoms with Crippen LogP contribution in [0.15, 0.2) is 17.0 Å². The molecule has 0 bridgehead atoms. The van der Waals surface area contributed by atoms with Crippen LogP contribution in [0.3, 0.4) is 0 Å². The lowest BCUT2D eigenvalue weighted by molar-refractivity contribution is 0.112. The molecule has 1 rings (SSSR count). The number of aldehydes is 1. The SMILES string of the molecule is COc1c(S(C)(=O)=O)ccc(C=O)c1C. The molecule has 1 aromatic rings. The number of carbonyl (C=O) groups is 1. The molecule has 0 atom stereocenters. The summed E-state index contributed by atoms with van der Waals surface area (Å²) in [6, 6.07) is 2.85. The minimum absolute atomic E-state index is 0.105. The highest BCUT2D eigenvalue weighted by molar-refractivity contribution is 7.90. The lowest BCUT2D eigenvalue weighted by atomic mass is 10.1. The Kier molecular flexibility index (Phi) is 3.14. The second-order valence-corrected chi connectivity index (χ2v) is 5.19. The summed E-state index contributed by atoms with van der Waals surface area (Å²) >= 11 is 0. The third-order valence-corrected chi connectivity index (χ3v) is 3.26. The number of methoxy groups -OCH3 is 1. The van der Waals surface area contributed by atoms with E-state index in [4.69, 9.17) is 4.74 Å². The van der Waals surface area contributed by atoms with E-state index >= 15 is 0 Å². The van der Waals surface area contributed by atoms with Crippen LogP contribution in [0.1, 0.15) is 15.9 Å². The average molecular weight is 228 g/mol. The van der Waals surface area contributed by atoms with Gasteiger partial charge in [0, 0.05) is 17.4 Å². The Hall–Kier alpha value is -1.36. The molecule has 0 saturated carbocycles. The van der Waals surface area contributed by atoms with Crippen molar-refractivity contribution in [1.82, 2.24) is 0 Å². The lowest BCUT2D eigenvalue weighted by Crippen LogP contribution is -2.03. The van der Waals surface area contributed by atoms with Crippen molar-refractivity contribution in [2.24, 2.45) is 0 Å². The standard InChI is InChI=1S/C10H12O4S/c1-7-8(6-11)4-5-9(10(7)14-2)15(3,12)13/h4-6H,1-3H3. The van der Waals surface area contributed by atoms with Gasteiger partial charge in [-0.15, -0.1) is 0 Å². The van der Waals surface area contributed by atoms with Gasteiger partial charge >= 0.3 is 0 Å². The predicted octanol–water partition coefficient (Wildman–Crippen LogP) is 1.22. The maximum absolute atomic E-state index is 11.4. The number of benzene rings is 1. The third kappa shape index (κ3) is 2.18. The molecular formula is C10H12O4S. The second kappa shape index (κ2) is 4.02. The van der Waals surface area contributed by atoms with Crippen molar-refractivity contribution >= 4 is 16.1 Å². The smallest absolute Gasteiger partial charge is 0.179 e. The number of hydrogen-bond donors (Lipinski definition) is 0. The molecule has 0 aliphatic heterocycles. The second-order valence-electron chi connectivity index (χ2n) is 3.20. The fraction of sp³-hybridized carbons (Fsp3) is 0.300. The van der Waals surface area contributed by atoms with E-state index in [1.807, 2.05) is 0 Å². The summed E-state index contributed by atoms with van der Waals surface area (Å²) in [5.41, 5.74) is 0.967. The van der Waals surface area contributed by atoms with E-state index in [0.717, 1.165) is 6.26 Å².